The summed E-state index contributed by atoms with van der Waals surface area (Å²) in [6.45, 7) is 0. The van der Waals surface area contributed by atoms with Crippen molar-refractivity contribution >= 4 is 21.5 Å². The van der Waals surface area contributed by atoms with E-state index in [1.807, 2.05) is 23.4 Å². The molecule has 0 aliphatic rings. The van der Waals surface area contributed by atoms with Crippen molar-refractivity contribution in [1.29, 1.82) is 0 Å². The molecule has 0 N–H and O–H groups in total. The summed E-state index contributed by atoms with van der Waals surface area (Å²) in [6.07, 6.45) is 0. The first-order valence-corrected chi connectivity index (χ1v) is 9.57. The molecule has 0 bridgehead atoms. The van der Waals surface area contributed by atoms with Gasteiger partial charge in [-0.05, 0) is 0 Å². The van der Waals surface area contributed by atoms with E-state index in [-0.39, 0.29) is 0 Å². The Kier molecular flexibility index (Phi) is 5.31. The minimum absolute atomic E-state index is 1.89. The second-order valence-corrected chi connectivity index (χ2v) is 9.40. The van der Waals surface area contributed by atoms with Crippen molar-refractivity contribution in [2.24, 2.45) is 0 Å². The maximum atomic E-state index is 5.54. The Morgan fingerprint density at radius 3 is 1.86 bits per heavy atom. The molecule has 0 unspecified atom stereocenters. The molecule has 0 spiro atoms. The average molecular weight is 217 g/mol. The first-order chi connectivity index (χ1) is 3.13. The van der Waals surface area contributed by atoms with Gasteiger partial charge < -0.3 is 0 Å². The standard InChI is InChI=1S/C2H6BN.2ClH.Zr/c1-4(2)3;;;/h1-2H3;2*1H;/q;;;+2/p-2. The van der Waals surface area contributed by atoms with Crippen molar-refractivity contribution in [3.63, 3.8) is 0 Å². The van der Waals surface area contributed by atoms with Gasteiger partial charge in [0.1, 0.15) is 0 Å². The van der Waals surface area contributed by atoms with Crippen molar-refractivity contribution in [3.8, 4) is 0 Å². The zero-order chi connectivity index (χ0) is 5.86. The van der Waals surface area contributed by atoms with E-state index in [1.54, 1.807) is 0 Å². The monoisotopic (exact) mass is 215 g/mol. The molecule has 0 atom stereocenters. The van der Waals surface area contributed by atoms with Crippen molar-refractivity contribution in [1.82, 2.24) is 4.81 Å². The van der Waals surface area contributed by atoms with Crippen molar-refractivity contribution in [3.05, 3.63) is 0 Å². The van der Waals surface area contributed by atoms with Crippen LogP contribution in [0.1, 0.15) is 0 Å². The third kappa shape index (κ3) is 7.49. The van der Waals surface area contributed by atoms with Crippen LogP contribution >= 0.6 is 17.0 Å². The number of nitrogens with zero attached hydrogens (tertiary/aromatic N) is 1. The van der Waals surface area contributed by atoms with Gasteiger partial charge in [-0.25, -0.2) is 0 Å². The summed E-state index contributed by atoms with van der Waals surface area (Å²) in [6, 6.07) is 0. The molecule has 40 valence electrons. The van der Waals surface area contributed by atoms with Gasteiger partial charge >= 0.3 is 59.1 Å². The van der Waals surface area contributed by atoms with E-state index in [0.717, 1.165) is 0 Å². The van der Waals surface area contributed by atoms with E-state index >= 15 is 0 Å². The second kappa shape index (κ2) is 4.38. The van der Waals surface area contributed by atoms with Crippen molar-refractivity contribution < 1.29 is 18.6 Å². The van der Waals surface area contributed by atoms with Gasteiger partial charge in [0.2, 0.25) is 0 Å². The fourth-order valence-corrected chi connectivity index (χ4v) is 3.46. The normalized spacial score (nSPS) is 8.71. The molecule has 0 saturated heterocycles. The van der Waals surface area contributed by atoms with Crippen LogP contribution < -0.4 is 0 Å². The molecule has 0 aromatic carbocycles. The molecule has 0 aromatic heterocycles. The van der Waals surface area contributed by atoms with Gasteiger partial charge in [-0.1, -0.05) is 0 Å². The van der Waals surface area contributed by atoms with Gasteiger partial charge in [-0.15, -0.1) is 0 Å². The molecule has 1 nitrogen and oxygen atoms in total. The van der Waals surface area contributed by atoms with Gasteiger partial charge in [-0.3, -0.25) is 0 Å². The molecule has 0 saturated carbocycles. The molecule has 0 aliphatic carbocycles. The van der Waals surface area contributed by atoms with Crippen LogP contribution in [-0.4, -0.2) is 23.4 Å². The van der Waals surface area contributed by atoms with Gasteiger partial charge in [-0.2, -0.15) is 0 Å². The third-order valence-electron chi connectivity index (χ3n) is 0.356. The summed E-state index contributed by atoms with van der Waals surface area (Å²) >= 11 is -1.94. The third-order valence-corrected chi connectivity index (χ3v) is 3.26. The summed E-state index contributed by atoms with van der Waals surface area (Å²) in [5, 5.41) is 0. The first kappa shape index (κ1) is 8.49. The molecule has 0 aliphatic heterocycles. The number of halogens is 2. The van der Waals surface area contributed by atoms with E-state index in [1.165, 1.54) is 0 Å². The Balaban J connectivity index is 3.45. The van der Waals surface area contributed by atoms with E-state index < -0.39 is 18.6 Å². The van der Waals surface area contributed by atoms with Crippen LogP contribution in [0.2, 0.25) is 0 Å². The minimum atomic E-state index is -1.94. The van der Waals surface area contributed by atoms with Gasteiger partial charge in [0.05, 0.1) is 0 Å². The summed E-state index contributed by atoms with van der Waals surface area (Å²) < 4.78 is 1.89. The van der Waals surface area contributed by atoms with Gasteiger partial charge in [0.15, 0.2) is 0 Å². The van der Waals surface area contributed by atoms with Crippen LogP contribution in [0, 0.1) is 0 Å². The van der Waals surface area contributed by atoms with Crippen molar-refractivity contribution in [2.75, 3.05) is 14.1 Å². The fraction of sp³-hybridized carbons (Fsp3) is 1.00. The van der Waals surface area contributed by atoms with Gasteiger partial charge in [0.25, 0.3) is 0 Å². The summed E-state index contributed by atoms with van der Waals surface area (Å²) in [7, 11) is 14.9. The number of hydrogen-bond acceptors (Lipinski definition) is 1. The first-order valence-electron chi connectivity index (χ1n) is 1.82. The number of rotatable bonds is 1. The zero-order valence-corrected chi connectivity index (χ0v) is 8.25. The van der Waals surface area contributed by atoms with Crippen LogP contribution in [-0.2, 0) is 18.6 Å². The Morgan fingerprint density at radius 1 is 1.43 bits per heavy atom. The molecule has 7 heavy (non-hydrogen) atoms. The molecule has 0 amide bonds. The molecule has 0 aromatic rings. The topological polar surface area (TPSA) is 3.24 Å². The van der Waals surface area contributed by atoms with Crippen molar-refractivity contribution in [2.45, 2.75) is 0 Å². The van der Waals surface area contributed by atoms with Crippen LogP contribution in [0.4, 0.5) is 0 Å². The van der Waals surface area contributed by atoms with Crippen LogP contribution in [0.3, 0.4) is 0 Å². The summed E-state index contributed by atoms with van der Waals surface area (Å²) in [5.74, 6) is 0. The Bertz CT molecular complexity index is 79.8. The predicted molar refractivity (Wildman–Crippen MR) is 31.1 cm³/mol. The summed E-state index contributed by atoms with van der Waals surface area (Å²) in [5.41, 5.74) is 0. The number of hydrogen-bond donors (Lipinski definition) is 0. The van der Waals surface area contributed by atoms with Crippen LogP contribution in [0.15, 0.2) is 0 Å². The summed E-state index contributed by atoms with van der Waals surface area (Å²) in [4.78, 5) is 1.90. The maximum absolute atomic E-state index is 5.54. The quantitative estimate of drug-likeness (QED) is 0.592. The Morgan fingerprint density at radius 2 is 1.86 bits per heavy atom. The van der Waals surface area contributed by atoms with E-state index in [4.69, 9.17) is 17.0 Å². The van der Waals surface area contributed by atoms with Crippen LogP contribution in [0.25, 0.3) is 0 Å². The SMILES string of the molecule is CN(C)[B]=[Zr]([Cl])[Cl]. The Hall–Kier alpha value is 1.49. The van der Waals surface area contributed by atoms with E-state index in [0.29, 0.717) is 0 Å². The molecule has 0 radical (unpaired) electrons. The fourth-order valence-electron chi connectivity index (χ4n) is 0.195. The second-order valence-electron chi connectivity index (χ2n) is 1.38. The molecular formula is C2H6BCl2NZr. The zero-order valence-electron chi connectivity index (χ0n) is 4.28. The van der Waals surface area contributed by atoms with Crippen LogP contribution in [0.5, 0.6) is 0 Å². The average Bonchev–Trinajstić information content (AvgIpc) is 1.27. The molecule has 0 heterocycles. The molecular weight excluding hydrogens is 211 g/mol. The van der Waals surface area contributed by atoms with Gasteiger partial charge in [0, 0.05) is 0 Å². The predicted octanol–water partition coefficient (Wildman–Crippen LogP) is 1.01. The molecule has 0 rings (SSSR count). The Labute approximate surface area is 58.8 Å². The van der Waals surface area contributed by atoms with E-state index in [9.17, 15) is 0 Å². The molecule has 0 fully saturated rings. The molecule has 5 heteroatoms. The van der Waals surface area contributed by atoms with E-state index in [2.05, 4.69) is 0 Å².